The minimum atomic E-state index is 0.0556. The zero-order valence-electron chi connectivity index (χ0n) is 9.39. The van der Waals surface area contributed by atoms with Gasteiger partial charge in [-0.3, -0.25) is 4.99 Å². The van der Waals surface area contributed by atoms with Crippen LogP contribution in [0.1, 0.15) is 20.8 Å². The van der Waals surface area contributed by atoms with E-state index < -0.39 is 0 Å². The Hall–Kier alpha value is -0.770. The van der Waals surface area contributed by atoms with E-state index in [9.17, 15) is 0 Å². The van der Waals surface area contributed by atoms with Crippen LogP contribution in [0.25, 0.3) is 0 Å². The first-order valence-corrected chi connectivity index (χ1v) is 4.61. The number of rotatable bonds is 4. The van der Waals surface area contributed by atoms with Crippen LogP contribution >= 0.6 is 0 Å². The molecule has 4 heteroatoms. The summed E-state index contributed by atoms with van der Waals surface area (Å²) >= 11 is 0. The van der Waals surface area contributed by atoms with E-state index in [0.29, 0.717) is 12.5 Å². The van der Waals surface area contributed by atoms with E-state index in [-0.39, 0.29) is 5.54 Å². The van der Waals surface area contributed by atoms with Gasteiger partial charge in [0.2, 0.25) is 0 Å². The molecule has 0 unspecified atom stereocenters. The predicted molar refractivity (Wildman–Crippen MR) is 57.9 cm³/mol. The van der Waals surface area contributed by atoms with Gasteiger partial charge in [0.1, 0.15) is 0 Å². The molecule has 0 heterocycles. The Morgan fingerprint density at radius 3 is 2.38 bits per heavy atom. The normalized spacial score (nSPS) is 13.5. The van der Waals surface area contributed by atoms with Crippen LogP contribution in [-0.2, 0) is 0 Å². The highest BCUT2D eigenvalue weighted by Gasteiger charge is 2.19. The Morgan fingerprint density at radius 1 is 1.46 bits per heavy atom. The third-order valence-electron chi connectivity index (χ3n) is 2.20. The van der Waals surface area contributed by atoms with Gasteiger partial charge in [-0.15, -0.1) is 0 Å². The average Bonchev–Trinajstić information content (AvgIpc) is 2.01. The molecule has 0 aliphatic heterocycles. The molecule has 0 amide bonds. The molecule has 0 aliphatic rings. The largest absolute Gasteiger partial charge is 0.370 e. The number of aliphatic imine (C=N–C) groups is 1. The smallest absolute Gasteiger partial charge is 0.188 e. The number of hydrogen-bond donors (Lipinski definition) is 2. The van der Waals surface area contributed by atoms with E-state index in [0.717, 1.165) is 6.54 Å². The molecule has 4 nitrogen and oxygen atoms in total. The summed E-state index contributed by atoms with van der Waals surface area (Å²) in [5, 5.41) is 2.97. The molecule has 0 bridgehead atoms. The van der Waals surface area contributed by atoms with E-state index in [1.807, 2.05) is 21.0 Å². The minimum Gasteiger partial charge on any atom is -0.370 e. The lowest BCUT2D eigenvalue weighted by atomic mass is 10.1. The molecule has 0 aliphatic carbocycles. The van der Waals surface area contributed by atoms with Crippen molar-refractivity contribution in [3.63, 3.8) is 0 Å². The molecule has 0 radical (unpaired) electrons. The van der Waals surface area contributed by atoms with Gasteiger partial charge in [0, 0.05) is 12.1 Å². The fourth-order valence-corrected chi connectivity index (χ4v) is 0.657. The maximum atomic E-state index is 5.61. The molecule has 0 atom stereocenters. The molecule has 0 spiro atoms. The van der Waals surface area contributed by atoms with Gasteiger partial charge < -0.3 is 16.0 Å². The quantitative estimate of drug-likeness (QED) is 0.489. The first-order valence-electron chi connectivity index (χ1n) is 4.61. The van der Waals surface area contributed by atoms with Gasteiger partial charge in [-0.05, 0) is 34.9 Å². The van der Waals surface area contributed by atoms with Gasteiger partial charge in [-0.1, -0.05) is 0 Å². The predicted octanol–water partition coefficient (Wildman–Crippen LogP) is 0.251. The van der Waals surface area contributed by atoms with Crippen molar-refractivity contribution in [1.82, 2.24) is 10.2 Å². The van der Waals surface area contributed by atoms with Crippen LogP contribution in [0, 0.1) is 0 Å². The molecular weight excluding hydrogens is 164 g/mol. The Bertz CT molecular complexity index is 172. The number of hydrogen-bond acceptors (Lipinski definition) is 2. The molecule has 0 aromatic rings. The van der Waals surface area contributed by atoms with Gasteiger partial charge in [0.05, 0.1) is 6.54 Å². The highest BCUT2D eigenvalue weighted by atomic mass is 15.2. The maximum Gasteiger partial charge on any atom is 0.188 e. The van der Waals surface area contributed by atoms with Crippen LogP contribution in [-0.4, -0.2) is 43.6 Å². The van der Waals surface area contributed by atoms with Crippen molar-refractivity contribution in [3.8, 4) is 0 Å². The number of guanidine groups is 1. The second kappa shape index (κ2) is 5.07. The summed E-state index contributed by atoms with van der Waals surface area (Å²) in [6, 6.07) is 0. The Labute approximate surface area is 81.2 Å². The van der Waals surface area contributed by atoms with Crippen LogP contribution < -0.4 is 11.1 Å². The van der Waals surface area contributed by atoms with Gasteiger partial charge in [-0.25, -0.2) is 0 Å². The number of likely N-dealkylation sites (N-methyl/N-ethyl adjacent to an activating group) is 1. The third-order valence-corrected chi connectivity index (χ3v) is 2.20. The lowest BCUT2D eigenvalue weighted by molar-refractivity contribution is 0.205. The van der Waals surface area contributed by atoms with Gasteiger partial charge in [0.25, 0.3) is 0 Å². The summed E-state index contributed by atoms with van der Waals surface area (Å²) in [5.74, 6) is 0.525. The van der Waals surface area contributed by atoms with Crippen molar-refractivity contribution in [2.45, 2.75) is 26.3 Å². The molecule has 0 saturated heterocycles. The van der Waals surface area contributed by atoms with E-state index in [4.69, 9.17) is 5.73 Å². The molecule has 0 aromatic carbocycles. The van der Waals surface area contributed by atoms with Crippen molar-refractivity contribution in [3.05, 3.63) is 0 Å². The van der Waals surface area contributed by atoms with Crippen LogP contribution in [0.5, 0.6) is 0 Å². The highest BCUT2D eigenvalue weighted by molar-refractivity contribution is 5.77. The maximum absolute atomic E-state index is 5.61. The highest BCUT2D eigenvalue weighted by Crippen LogP contribution is 2.09. The van der Waals surface area contributed by atoms with Gasteiger partial charge >= 0.3 is 0 Å². The summed E-state index contributed by atoms with van der Waals surface area (Å²) in [6.45, 7) is 7.79. The fraction of sp³-hybridized carbons (Fsp3) is 0.889. The fourth-order valence-electron chi connectivity index (χ4n) is 0.657. The summed E-state index contributed by atoms with van der Waals surface area (Å²) in [6.07, 6.45) is 0. The lowest BCUT2D eigenvalue weighted by Gasteiger charge is -2.30. The molecular formula is C9H22N4. The molecule has 0 fully saturated rings. The second-order valence-corrected chi connectivity index (χ2v) is 3.94. The minimum absolute atomic E-state index is 0.0556. The first-order chi connectivity index (χ1) is 5.90. The zero-order valence-corrected chi connectivity index (χ0v) is 9.39. The summed E-state index contributed by atoms with van der Waals surface area (Å²) < 4.78 is 0. The molecule has 0 saturated carbocycles. The van der Waals surface area contributed by atoms with Crippen molar-refractivity contribution in [2.24, 2.45) is 10.7 Å². The molecule has 0 rings (SSSR count). The molecule has 78 valence electrons. The van der Waals surface area contributed by atoms with Crippen molar-refractivity contribution < 1.29 is 0 Å². The second-order valence-electron chi connectivity index (χ2n) is 3.94. The van der Waals surface area contributed by atoms with E-state index in [1.54, 1.807) is 0 Å². The van der Waals surface area contributed by atoms with E-state index in [2.05, 4.69) is 29.1 Å². The average molecular weight is 186 g/mol. The topological polar surface area (TPSA) is 53.6 Å². The van der Waals surface area contributed by atoms with Crippen LogP contribution in [0.4, 0.5) is 0 Å². The Morgan fingerprint density at radius 2 is 2.00 bits per heavy atom. The van der Waals surface area contributed by atoms with Crippen molar-refractivity contribution >= 4 is 5.96 Å². The monoisotopic (exact) mass is 186 g/mol. The van der Waals surface area contributed by atoms with Crippen LogP contribution in [0.3, 0.4) is 0 Å². The number of nitrogens with one attached hydrogen (secondary N) is 1. The van der Waals surface area contributed by atoms with E-state index in [1.165, 1.54) is 0 Å². The summed E-state index contributed by atoms with van der Waals surface area (Å²) in [5.41, 5.74) is 5.67. The Kier molecular flexibility index (Phi) is 4.77. The van der Waals surface area contributed by atoms with Gasteiger partial charge in [0.15, 0.2) is 5.96 Å². The molecule has 0 aromatic heterocycles. The Balaban J connectivity index is 4.06. The van der Waals surface area contributed by atoms with Crippen molar-refractivity contribution in [2.75, 3.05) is 27.2 Å². The SMILES string of the molecule is CCNC(N)=NCC(C)(C)N(C)C. The zero-order chi connectivity index (χ0) is 10.5. The number of nitrogens with zero attached hydrogens (tertiary/aromatic N) is 2. The lowest BCUT2D eigenvalue weighted by Crippen LogP contribution is -2.42. The third kappa shape index (κ3) is 4.72. The van der Waals surface area contributed by atoms with Crippen LogP contribution in [0.15, 0.2) is 4.99 Å². The summed E-state index contributed by atoms with van der Waals surface area (Å²) in [4.78, 5) is 6.38. The van der Waals surface area contributed by atoms with Crippen molar-refractivity contribution in [1.29, 1.82) is 0 Å². The van der Waals surface area contributed by atoms with Crippen LogP contribution in [0.2, 0.25) is 0 Å². The number of nitrogens with two attached hydrogens (primary N) is 1. The standard InChI is InChI=1S/C9H22N4/c1-6-11-8(10)12-7-9(2,3)13(4)5/h6-7H2,1-5H3,(H3,10,11,12). The van der Waals surface area contributed by atoms with Gasteiger partial charge in [-0.2, -0.15) is 0 Å². The first kappa shape index (κ1) is 12.2. The molecule has 3 N–H and O–H groups in total. The summed E-state index contributed by atoms with van der Waals surface area (Å²) in [7, 11) is 4.08. The van der Waals surface area contributed by atoms with E-state index >= 15 is 0 Å². The molecule has 13 heavy (non-hydrogen) atoms.